The second-order valence-corrected chi connectivity index (χ2v) is 5.41. The second-order valence-electron chi connectivity index (χ2n) is 5.41. The number of hydrogen-bond acceptors (Lipinski definition) is 3. The van der Waals surface area contributed by atoms with Crippen molar-refractivity contribution in [3.63, 3.8) is 0 Å². The average Bonchev–Trinajstić information content (AvgIpc) is 2.53. The Labute approximate surface area is 133 Å². The zero-order chi connectivity index (χ0) is 14.5. The molecule has 1 N–H and O–H groups in total. The first-order valence-electron chi connectivity index (χ1n) is 7.25. The van der Waals surface area contributed by atoms with Crippen LogP contribution in [0.4, 0.5) is 0 Å². The van der Waals surface area contributed by atoms with Crippen molar-refractivity contribution in [2.24, 2.45) is 0 Å². The summed E-state index contributed by atoms with van der Waals surface area (Å²) in [5, 5.41) is 3.27. The molecule has 21 heavy (non-hydrogen) atoms. The number of rotatable bonds is 4. The fraction of sp³-hybridized carbons (Fsp3) is 0.562. The molecule has 1 aliphatic rings. The average molecular weight is 313 g/mol. The molecule has 0 aliphatic carbocycles. The summed E-state index contributed by atoms with van der Waals surface area (Å²) in [7, 11) is 3.61. The summed E-state index contributed by atoms with van der Waals surface area (Å²) < 4.78 is 5.15. The van der Waals surface area contributed by atoms with Crippen molar-refractivity contribution in [2.45, 2.75) is 31.7 Å². The highest BCUT2D eigenvalue weighted by Gasteiger charge is 2.26. The van der Waals surface area contributed by atoms with Crippen LogP contribution in [0.5, 0.6) is 5.75 Å². The van der Waals surface area contributed by atoms with E-state index in [1.807, 2.05) is 43.1 Å². The Morgan fingerprint density at radius 1 is 1.38 bits per heavy atom. The Kier molecular flexibility index (Phi) is 6.99. The predicted molar refractivity (Wildman–Crippen MR) is 87.3 cm³/mol. The molecule has 1 saturated heterocycles. The Bertz CT molecular complexity index is 450. The molecule has 2 rings (SSSR count). The number of carbonyl (C=O) groups is 1. The van der Waals surface area contributed by atoms with Crippen LogP contribution in [0.25, 0.3) is 0 Å². The number of benzene rings is 1. The molecular formula is C16H25ClN2O2. The lowest BCUT2D eigenvalue weighted by atomic mass is 9.97. The van der Waals surface area contributed by atoms with E-state index in [1.165, 1.54) is 0 Å². The number of hydrogen-bond donors (Lipinski definition) is 1. The number of likely N-dealkylation sites (tertiary alicyclic amines) is 1. The lowest BCUT2D eigenvalue weighted by molar-refractivity contribution is -0.133. The molecule has 1 amide bonds. The summed E-state index contributed by atoms with van der Waals surface area (Å²) in [5.41, 5.74) is 1.04. The minimum absolute atomic E-state index is 0. The molecule has 4 nitrogen and oxygen atoms in total. The molecule has 1 aromatic carbocycles. The van der Waals surface area contributed by atoms with Gasteiger partial charge in [0.2, 0.25) is 5.91 Å². The minimum atomic E-state index is -0.100. The van der Waals surface area contributed by atoms with Crippen LogP contribution in [-0.4, -0.2) is 44.1 Å². The van der Waals surface area contributed by atoms with Gasteiger partial charge >= 0.3 is 0 Å². The smallest absolute Gasteiger partial charge is 0.229 e. The normalized spacial score (nSPS) is 19.6. The van der Waals surface area contributed by atoms with Crippen LogP contribution >= 0.6 is 12.4 Å². The van der Waals surface area contributed by atoms with Crippen LogP contribution in [0.1, 0.15) is 31.2 Å². The molecule has 1 fully saturated rings. The molecule has 2 atom stereocenters. The highest BCUT2D eigenvalue weighted by atomic mass is 35.5. The first kappa shape index (κ1) is 17.8. The molecule has 1 aromatic rings. The Morgan fingerprint density at radius 3 is 2.62 bits per heavy atom. The molecule has 5 heteroatoms. The summed E-state index contributed by atoms with van der Waals surface area (Å²) in [5.74, 6) is 0.938. The molecular weight excluding hydrogens is 288 g/mol. The van der Waals surface area contributed by atoms with Crippen LogP contribution in [-0.2, 0) is 4.79 Å². The minimum Gasteiger partial charge on any atom is -0.497 e. The summed E-state index contributed by atoms with van der Waals surface area (Å²) in [4.78, 5) is 14.6. The van der Waals surface area contributed by atoms with Gasteiger partial charge in [-0.05, 0) is 44.5 Å². The standard InChI is InChI=1S/C16H24N2O2.ClH/c1-12(13-6-8-15(20-3)9-7-13)16(19)18-10-4-5-14(11-18)17-2;/h6-9,12,14,17H,4-5,10-11H2,1-3H3;1H. The molecule has 0 aromatic heterocycles. The second kappa shape index (κ2) is 8.25. The lowest BCUT2D eigenvalue weighted by Crippen LogP contribution is -2.48. The molecule has 0 bridgehead atoms. The van der Waals surface area contributed by atoms with Crippen molar-refractivity contribution >= 4 is 18.3 Å². The quantitative estimate of drug-likeness (QED) is 0.928. The van der Waals surface area contributed by atoms with Crippen LogP contribution in [0, 0.1) is 0 Å². The first-order chi connectivity index (χ1) is 9.65. The van der Waals surface area contributed by atoms with Gasteiger partial charge in [-0.2, -0.15) is 0 Å². The fourth-order valence-corrected chi connectivity index (χ4v) is 2.72. The summed E-state index contributed by atoms with van der Waals surface area (Å²) >= 11 is 0. The number of likely N-dealkylation sites (N-methyl/N-ethyl adjacent to an activating group) is 1. The van der Waals surface area contributed by atoms with Gasteiger partial charge < -0.3 is 15.0 Å². The molecule has 0 radical (unpaired) electrons. The van der Waals surface area contributed by atoms with E-state index in [2.05, 4.69) is 5.32 Å². The van der Waals surface area contributed by atoms with Gasteiger partial charge in [0.25, 0.3) is 0 Å². The van der Waals surface area contributed by atoms with E-state index in [4.69, 9.17) is 4.74 Å². The SMILES string of the molecule is CNC1CCCN(C(=O)C(C)c2ccc(OC)cc2)C1.Cl. The number of methoxy groups -OCH3 is 1. The van der Waals surface area contributed by atoms with Crippen molar-refractivity contribution in [3.8, 4) is 5.75 Å². The van der Waals surface area contributed by atoms with Gasteiger partial charge in [-0.3, -0.25) is 4.79 Å². The Balaban J connectivity index is 0.00000220. The van der Waals surface area contributed by atoms with Crippen molar-refractivity contribution in [3.05, 3.63) is 29.8 Å². The van der Waals surface area contributed by atoms with Gasteiger partial charge in [-0.1, -0.05) is 12.1 Å². The Hall–Kier alpha value is -1.26. The van der Waals surface area contributed by atoms with Crippen molar-refractivity contribution in [2.75, 3.05) is 27.2 Å². The van der Waals surface area contributed by atoms with Crippen LogP contribution in [0.2, 0.25) is 0 Å². The van der Waals surface area contributed by atoms with Crippen LogP contribution in [0.15, 0.2) is 24.3 Å². The van der Waals surface area contributed by atoms with Gasteiger partial charge in [0.05, 0.1) is 13.0 Å². The lowest BCUT2D eigenvalue weighted by Gasteiger charge is -2.34. The zero-order valence-corrected chi connectivity index (χ0v) is 13.8. The molecule has 0 spiro atoms. The van der Waals surface area contributed by atoms with Crippen molar-refractivity contribution < 1.29 is 9.53 Å². The predicted octanol–water partition coefficient (Wildman–Crippen LogP) is 2.43. The highest BCUT2D eigenvalue weighted by Crippen LogP contribution is 2.22. The number of ether oxygens (including phenoxy) is 1. The molecule has 1 heterocycles. The first-order valence-corrected chi connectivity index (χ1v) is 7.25. The fourth-order valence-electron chi connectivity index (χ4n) is 2.72. The maximum atomic E-state index is 12.6. The number of nitrogens with zero attached hydrogens (tertiary/aromatic N) is 1. The van der Waals surface area contributed by atoms with Crippen LogP contribution in [0.3, 0.4) is 0 Å². The topological polar surface area (TPSA) is 41.6 Å². The largest absolute Gasteiger partial charge is 0.497 e. The number of halogens is 1. The van der Waals surface area contributed by atoms with E-state index in [9.17, 15) is 4.79 Å². The number of nitrogens with one attached hydrogen (secondary N) is 1. The third-order valence-electron chi connectivity index (χ3n) is 4.13. The van der Waals surface area contributed by atoms with Crippen molar-refractivity contribution in [1.82, 2.24) is 10.2 Å². The maximum Gasteiger partial charge on any atom is 0.229 e. The van der Waals surface area contributed by atoms with Gasteiger partial charge in [0, 0.05) is 19.1 Å². The summed E-state index contributed by atoms with van der Waals surface area (Å²) in [6.45, 7) is 3.67. The zero-order valence-electron chi connectivity index (χ0n) is 13.0. The summed E-state index contributed by atoms with van der Waals surface area (Å²) in [6.07, 6.45) is 2.23. The van der Waals surface area contributed by atoms with Gasteiger partial charge in [-0.25, -0.2) is 0 Å². The van der Waals surface area contributed by atoms with E-state index in [0.717, 1.165) is 37.2 Å². The van der Waals surface area contributed by atoms with Crippen molar-refractivity contribution in [1.29, 1.82) is 0 Å². The van der Waals surface area contributed by atoms with E-state index in [1.54, 1.807) is 7.11 Å². The third kappa shape index (κ3) is 4.35. The molecule has 0 saturated carbocycles. The molecule has 118 valence electrons. The molecule has 1 aliphatic heterocycles. The number of piperidine rings is 1. The highest BCUT2D eigenvalue weighted by molar-refractivity contribution is 5.85. The van der Waals surface area contributed by atoms with Gasteiger partial charge in [0.1, 0.15) is 5.75 Å². The monoisotopic (exact) mass is 312 g/mol. The third-order valence-corrected chi connectivity index (χ3v) is 4.13. The van der Waals surface area contributed by atoms with E-state index in [-0.39, 0.29) is 24.2 Å². The van der Waals surface area contributed by atoms with E-state index in [0.29, 0.717) is 6.04 Å². The molecule has 2 unspecified atom stereocenters. The Morgan fingerprint density at radius 2 is 2.05 bits per heavy atom. The number of amides is 1. The van der Waals surface area contributed by atoms with Crippen LogP contribution < -0.4 is 10.1 Å². The number of carbonyl (C=O) groups excluding carboxylic acids is 1. The van der Waals surface area contributed by atoms with Gasteiger partial charge in [0.15, 0.2) is 0 Å². The van der Waals surface area contributed by atoms with E-state index >= 15 is 0 Å². The van der Waals surface area contributed by atoms with E-state index < -0.39 is 0 Å². The van der Waals surface area contributed by atoms with Gasteiger partial charge in [-0.15, -0.1) is 12.4 Å². The summed E-state index contributed by atoms with van der Waals surface area (Å²) in [6, 6.07) is 8.19. The maximum absolute atomic E-state index is 12.6.